The fourth-order valence-electron chi connectivity index (χ4n) is 4.20. The van der Waals surface area contributed by atoms with Crippen molar-refractivity contribution in [3.63, 3.8) is 0 Å². The lowest BCUT2D eigenvalue weighted by molar-refractivity contribution is -0.148. The first-order valence-electron chi connectivity index (χ1n) is 11.2. The molecular formula is C24H18F3N3O5S3. The van der Waals surface area contributed by atoms with Gasteiger partial charge in [0.15, 0.2) is 29.2 Å². The van der Waals surface area contributed by atoms with E-state index in [-0.39, 0.29) is 27.0 Å². The second kappa shape index (κ2) is 10.4. The second-order valence-corrected chi connectivity index (χ2v) is 12.4. The summed E-state index contributed by atoms with van der Waals surface area (Å²) in [6, 6.07) is 10.3. The van der Waals surface area contributed by atoms with E-state index < -0.39 is 57.5 Å². The monoisotopic (exact) mass is 581 g/mol. The molecule has 3 heterocycles. The highest BCUT2D eigenvalue weighted by atomic mass is 32.2. The average Bonchev–Trinajstić information content (AvgIpc) is 3.57. The number of nitrogens with one attached hydrogen (secondary N) is 1. The minimum Gasteiger partial charge on any atom is -0.456 e. The maximum absolute atomic E-state index is 13.9. The molecule has 198 valence electrons. The van der Waals surface area contributed by atoms with Crippen LogP contribution in [0.3, 0.4) is 0 Å². The summed E-state index contributed by atoms with van der Waals surface area (Å²) >= 11 is 1.79. The van der Waals surface area contributed by atoms with Crippen molar-refractivity contribution in [2.75, 3.05) is 18.5 Å². The SMILES string of the molecule is O=C(COC(=O)CC1c2ccccc2CCN1S(=O)(=O)c1cccs1)Nc1nc2c(F)c(F)c(F)cc2s1. The lowest BCUT2D eigenvalue weighted by Gasteiger charge is -2.35. The molecule has 0 saturated heterocycles. The average molecular weight is 582 g/mol. The molecule has 2 aromatic heterocycles. The maximum atomic E-state index is 13.9. The molecule has 8 nitrogen and oxygen atoms in total. The fraction of sp³-hybridized carbons (Fsp3) is 0.208. The molecule has 0 spiro atoms. The minimum atomic E-state index is -3.88. The number of sulfonamides is 1. The summed E-state index contributed by atoms with van der Waals surface area (Å²) < 4.78 is 73.9. The van der Waals surface area contributed by atoms with E-state index in [1.165, 1.54) is 10.4 Å². The summed E-state index contributed by atoms with van der Waals surface area (Å²) in [5.74, 6) is -6.16. The highest BCUT2D eigenvalue weighted by Crippen LogP contribution is 2.37. The van der Waals surface area contributed by atoms with Crippen molar-refractivity contribution in [1.82, 2.24) is 9.29 Å². The van der Waals surface area contributed by atoms with Crippen LogP contribution in [0.1, 0.15) is 23.6 Å². The molecule has 5 rings (SSSR count). The molecule has 1 amide bonds. The molecule has 0 saturated carbocycles. The summed E-state index contributed by atoms with van der Waals surface area (Å²) in [5.41, 5.74) is 1.15. The lowest BCUT2D eigenvalue weighted by Crippen LogP contribution is -2.41. The zero-order chi connectivity index (χ0) is 27.0. The Kier molecular flexibility index (Phi) is 7.22. The molecule has 2 aromatic carbocycles. The van der Waals surface area contributed by atoms with Gasteiger partial charge in [0.2, 0.25) is 0 Å². The number of hydrogen-bond acceptors (Lipinski definition) is 8. The van der Waals surface area contributed by atoms with Crippen LogP contribution in [-0.2, 0) is 30.8 Å². The van der Waals surface area contributed by atoms with Crippen LogP contribution in [0.5, 0.6) is 0 Å². The normalized spacial score (nSPS) is 15.8. The van der Waals surface area contributed by atoms with Gasteiger partial charge in [0.05, 0.1) is 17.2 Å². The van der Waals surface area contributed by atoms with Gasteiger partial charge in [-0.3, -0.25) is 14.9 Å². The van der Waals surface area contributed by atoms with Gasteiger partial charge in [-0.2, -0.15) is 4.31 Å². The van der Waals surface area contributed by atoms with Crippen LogP contribution in [0, 0.1) is 17.5 Å². The Labute approximate surface area is 222 Å². The van der Waals surface area contributed by atoms with Crippen LogP contribution in [0.2, 0.25) is 0 Å². The largest absolute Gasteiger partial charge is 0.456 e. The van der Waals surface area contributed by atoms with Gasteiger partial charge in [-0.1, -0.05) is 41.7 Å². The van der Waals surface area contributed by atoms with E-state index in [0.29, 0.717) is 23.3 Å². The summed E-state index contributed by atoms with van der Waals surface area (Å²) in [6.07, 6.45) is 0.144. The molecule has 0 bridgehead atoms. The number of benzene rings is 2. The number of thiazole rings is 1. The van der Waals surface area contributed by atoms with E-state index in [1.54, 1.807) is 23.6 Å². The number of esters is 1. The van der Waals surface area contributed by atoms with Crippen LogP contribution in [0.4, 0.5) is 18.3 Å². The van der Waals surface area contributed by atoms with Crippen LogP contribution < -0.4 is 5.32 Å². The molecule has 4 aromatic rings. The third-order valence-corrected chi connectivity index (χ3v) is 10.1. The first kappa shape index (κ1) is 26.3. The first-order valence-corrected chi connectivity index (χ1v) is 14.3. The summed E-state index contributed by atoms with van der Waals surface area (Å²) in [5, 5.41) is 3.81. The number of rotatable bonds is 7. The molecule has 0 aliphatic carbocycles. The van der Waals surface area contributed by atoms with Crippen LogP contribution >= 0.6 is 22.7 Å². The number of fused-ring (bicyclic) bond motifs is 2. The molecule has 1 unspecified atom stereocenters. The smallest absolute Gasteiger partial charge is 0.308 e. The zero-order valence-electron chi connectivity index (χ0n) is 19.3. The molecule has 1 atom stereocenters. The Morgan fingerprint density at radius 2 is 1.92 bits per heavy atom. The molecule has 38 heavy (non-hydrogen) atoms. The predicted molar refractivity (Wildman–Crippen MR) is 135 cm³/mol. The van der Waals surface area contributed by atoms with Gasteiger partial charge in [0.25, 0.3) is 15.9 Å². The van der Waals surface area contributed by atoms with E-state index in [1.807, 2.05) is 12.1 Å². The van der Waals surface area contributed by atoms with Gasteiger partial charge >= 0.3 is 5.97 Å². The van der Waals surface area contributed by atoms with E-state index >= 15 is 0 Å². The van der Waals surface area contributed by atoms with Crippen molar-refractivity contribution in [2.24, 2.45) is 0 Å². The quantitative estimate of drug-likeness (QED) is 0.252. The Morgan fingerprint density at radius 1 is 1.13 bits per heavy atom. The van der Waals surface area contributed by atoms with E-state index in [9.17, 15) is 31.2 Å². The van der Waals surface area contributed by atoms with Gasteiger partial charge < -0.3 is 4.74 Å². The number of thiophene rings is 1. The van der Waals surface area contributed by atoms with Crippen molar-refractivity contribution in [2.45, 2.75) is 23.1 Å². The van der Waals surface area contributed by atoms with Gasteiger partial charge in [-0.25, -0.2) is 26.6 Å². The number of ether oxygens (including phenoxy) is 1. The Hall–Kier alpha value is -3.33. The molecule has 1 aliphatic rings. The number of hydrogen-bond donors (Lipinski definition) is 1. The number of halogens is 3. The zero-order valence-corrected chi connectivity index (χ0v) is 21.8. The molecule has 0 fully saturated rings. The van der Waals surface area contributed by atoms with Crippen LogP contribution in [-0.4, -0.2) is 42.7 Å². The fourth-order valence-corrected chi connectivity index (χ4v) is 7.83. The first-order chi connectivity index (χ1) is 18.1. The Morgan fingerprint density at radius 3 is 2.68 bits per heavy atom. The standard InChI is InChI=1S/C24H18F3N3O5S3/c25-15-10-17-23(22(27)21(15)26)29-24(37-17)28-18(31)12-35-19(32)11-16-14-5-2-1-4-13(14)7-8-30(16)38(33,34)20-6-3-9-36-20/h1-6,9-10,16H,7-8,11-12H2,(H,28,29,31). The van der Waals surface area contributed by atoms with Crippen molar-refractivity contribution in [1.29, 1.82) is 0 Å². The number of amides is 1. The highest BCUT2D eigenvalue weighted by Gasteiger charge is 2.38. The van der Waals surface area contributed by atoms with Crippen molar-refractivity contribution < 1.29 is 35.9 Å². The molecule has 14 heteroatoms. The van der Waals surface area contributed by atoms with Gasteiger partial charge in [-0.15, -0.1) is 11.3 Å². The molecular weight excluding hydrogens is 563 g/mol. The maximum Gasteiger partial charge on any atom is 0.308 e. The predicted octanol–water partition coefficient (Wildman–Crippen LogP) is 4.64. The van der Waals surface area contributed by atoms with Crippen molar-refractivity contribution >= 4 is 59.9 Å². The summed E-state index contributed by atoms with van der Waals surface area (Å²) in [7, 11) is -3.88. The third-order valence-electron chi connectivity index (χ3n) is 5.91. The van der Waals surface area contributed by atoms with E-state index in [0.717, 1.165) is 23.0 Å². The number of anilines is 1. The summed E-state index contributed by atoms with van der Waals surface area (Å²) in [6.45, 7) is -0.558. The van der Waals surface area contributed by atoms with Gasteiger partial charge in [0, 0.05) is 6.54 Å². The van der Waals surface area contributed by atoms with Crippen molar-refractivity contribution in [3.05, 3.63) is 76.4 Å². The van der Waals surface area contributed by atoms with Crippen LogP contribution in [0.15, 0.2) is 52.1 Å². The minimum absolute atomic E-state index is 0.0169. The van der Waals surface area contributed by atoms with Gasteiger partial charge in [-0.05, 0) is 35.1 Å². The number of carbonyl (C=O) groups excluding carboxylic acids is 2. The Balaban J connectivity index is 1.28. The molecule has 1 aliphatic heterocycles. The topological polar surface area (TPSA) is 106 Å². The number of carbonyl (C=O) groups is 2. The molecule has 1 N–H and O–H groups in total. The number of nitrogens with zero attached hydrogens (tertiary/aromatic N) is 2. The van der Waals surface area contributed by atoms with E-state index in [4.69, 9.17) is 4.74 Å². The van der Waals surface area contributed by atoms with E-state index in [2.05, 4.69) is 10.3 Å². The molecule has 0 radical (unpaired) electrons. The van der Waals surface area contributed by atoms with Gasteiger partial charge in [0.1, 0.15) is 9.73 Å². The van der Waals surface area contributed by atoms with Crippen molar-refractivity contribution in [3.8, 4) is 0 Å². The lowest BCUT2D eigenvalue weighted by atomic mass is 9.92. The Bertz CT molecular complexity index is 1640. The summed E-state index contributed by atoms with van der Waals surface area (Å²) in [4.78, 5) is 28.8. The highest BCUT2D eigenvalue weighted by molar-refractivity contribution is 7.91. The van der Waals surface area contributed by atoms with Crippen LogP contribution in [0.25, 0.3) is 10.2 Å². The second-order valence-electron chi connectivity index (χ2n) is 8.28. The number of aromatic nitrogens is 1. The third kappa shape index (κ3) is 5.04.